The smallest absolute Gasteiger partial charge is 0.411 e. The Bertz CT molecular complexity index is 3110. The number of carbonyl (C=O) groups excluding carboxylic acids is 6. The summed E-state index contributed by atoms with van der Waals surface area (Å²) in [6.07, 6.45) is 10.3. The van der Waals surface area contributed by atoms with Gasteiger partial charge >= 0.3 is 12.2 Å². The van der Waals surface area contributed by atoms with Gasteiger partial charge in [0.15, 0.2) is 0 Å². The van der Waals surface area contributed by atoms with Crippen molar-refractivity contribution in [3.63, 3.8) is 0 Å². The highest BCUT2D eigenvalue weighted by molar-refractivity contribution is 6.30. The van der Waals surface area contributed by atoms with E-state index in [-0.39, 0.29) is 47.7 Å². The Labute approximate surface area is 516 Å². The molecule has 2 atom stereocenters. The summed E-state index contributed by atoms with van der Waals surface area (Å²) < 4.78 is 18.1. The number of nitrogens with one attached hydrogen (secondary N) is 3. The molecule has 3 N–H and O–H groups in total. The Kier molecular flexibility index (Phi) is 18.2. The van der Waals surface area contributed by atoms with Crippen molar-refractivity contribution in [1.82, 2.24) is 55.0 Å². The van der Waals surface area contributed by atoms with Gasteiger partial charge in [-0.1, -0.05) is 35.9 Å². The maximum atomic E-state index is 14.8. The number of fused-ring (bicyclic) bond motifs is 4. The number of hydrogen-bond acceptors (Lipinski definition) is 14. The van der Waals surface area contributed by atoms with Gasteiger partial charge < -0.3 is 49.4 Å². The molecule has 2 aromatic heterocycles. The number of H-pyrrole nitrogens is 1. The molecule has 22 heteroatoms. The number of hydrogen-bond donors (Lipinski definition) is 3. The molecule has 1 unspecified atom stereocenters. The van der Waals surface area contributed by atoms with Gasteiger partial charge in [0.25, 0.3) is 5.91 Å². The van der Waals surface area contributed by atoms with Crippen LogP contribution in [0.1, 0.15) is 146 Å². The summed E-state index contributed by atoms with van der Waals surface area (Å²) in [5.74, 6) is 0.719. The van der Waals surface area contributed by atoms with Crippen molar-refractivity contribution in [1.29, 1.82) is 0 Å². The lowest BCUT2D eigenvalue weighted by Crippen LogP contribution is -2.64. The molecule has 4 aromatic rings. The third-order valence-corrected chi connectivity index (χ3v) is 19.3. The molecular formula is C65H89ClN12O9. The van der Waals surface area contributed by atoms with Crippen LogP contribution in [-0.2, 0) is 28.6 Å². The summed E-state index contributed by atoms with van der Waals surface area (Å²) in [4.78, 5) is 110. The number of piperazine rings is 2. The van der Waals surface area contributed by atoms with E-state index in [0.29, 0.717) is 108 Å². The highest BCUT2D eigenvalue weighted by Gasteiger charge is 2.55. The number of aromatic amines is 1. The number of aromatic nitrogens is 3. The van der Waals surface area contributed by atoms with E-state index in [9.17, 15) is 28.8 Å². The average Bonchev–Trinajstić information content (AvgIpc) is 1.54. The monoisotopic (exact) mass is 1220 g/mol. The zero-order valence-corrected chi connectivity index (χ0v) is 52.5. The number of rotatable bonds is 16. The van der Waals surface area contributed by atoms with Crippen LogP contribution in [0.5, 0.6) is 0 Å². The van der Waals surface area contributed by atoms with Crippen molar-refractivity contribution in [3.05, 3.63) is 88.8 Å². The molecule has 2 aromatic carbocycles. The first-order valence-corrected chi connectivity index (χ1v) is 32.1. The first kappa shape index (κ1) is 62.1. The van der Waals surface area contributed by atoms with Crippen molar-refractivity contribution < 1.29 is 43.0 Å². The second-order valence-electron chi connectivity index (χ2n) is 27.6. The highest BCUT2D eigenvalue weighted by atomic mass is 35.5. The van der Waals surface area contributed by atoms with Crippen LogP contribution in [0.3, 0.4) is 0 Å². The number of benzene rings is 2. The number of likely N-dealkylation sites (tertiary alicyclic amines) is 1. The lowest BCUT2D eigenvalue weighted by Gasteiger charge is -2.55. The maximum absolute atomic E-state index is 14.8. The van der Waals surface area contributed by atoms with Crippen molar-refractivity contribution in [3.8, 4) is 0 Å². The second-order valence-corrected chi connectivity index (χ2v) is 28.0. The third kappa shape index (κ3) is 14.6. The number of alkyl carbamates (subject to hydrolysis) is 1. The number of carbonyl (C=O) groups is 6. The van der Waals surface area contributed by atoms with E-state index in [1.807, 2.05) is 90.2 Å². The first-order valence-electron chi connectivity index (χ1n) is 31.7. The molecular weight excluding hydrogens is 1130 g/mol. The van der Waals surface area contributed by atoms with Gasteiger partial charge in [0.05, 0.1) is 29.1 Å². The van der Waals surface area contributed by atoms with Gasteiger partial charge in [-0.05, 0) is 154 Å². The van der Waals surface area contributed by atoms with Gasteiger partial charge in [-0.2, -0.15) is 0 Å². The zero-order valence-electron chi connectivity index (χ0n) is 51.8. The number of amides is 6. The minimum absolute atomic E-state index is 0.0157. The second kappa shape index (κ2) is 25.5. The number of nitrogens with zero attached hydrogens (tertiary/aromatic N) is 9. The average molecular weight is 1220 g/mol. The van der Waals surface area contributed by atoms with Gasteiger partial charge in [-0.3, -0.25) is 33.9 Å². The molecule has 6 aliphatic heterocycles. The van der Waals surface area contributed by atoms with Gasteiger partial charge in [-0.15, -0.1) is 0 Å². The fourth-order valence-electron chi connectivity index (χ4n) is 13.9. The molecule has 0 radical (unpaired) electrons. The lowest BCUT2D eigenvalue weighted by molar-refractivity contribution is -0.203. The first-order chi connectivity index (χ1) is 41.5. The fraction of sp³-hybridized carbons (Fsp3) is 0.631. The molecule has 6 amide bonds. The standard InChI is InChI=1S/C65H89ClN12O9/c1-61(2,3)86-59(83)71-65(24-29-74(30-25-65)55-51-18-26-67-54(51)68-44-69-55)57(81)70-52(45-12-14-49(66)15-13-45)19-28-72-31-37-76(38-32-72)58(82)63-20-22-64(23-21-63,85-43-63)42-73-33-35-75(36-34-73)56(80)47-10-7-9-46(39-47)48-11-8-27-77(40-48)53(79)41-78(50-16-17-50)60(84)87-62(4,5)6/h7,9-10,12-15,18,26,39,44,48,50,52H,8,11,16-17,19-25,27-38,40-43H2,1-6H3,(H,70,81)(H,71,83)(H,67,68,69)/t48?,52-,63?,64?/m0/s1. The van der Waals surface area contributed by atoms with Crippen LogP contribution >= 0.6 is 11.6 Å². The van der Waals surface area contributed by atoms with E-state index in [0.717, 1.165) is 99.0 Å². The Morgan fingerprint density at radius 1 is 0.770 bits per heavy atom. The van der Waals surface area contributed by atoms with Crippen LogP contribution in [0.25, 0.3) is 11.0 Å². The van der Waals surface area contributed by atoms with Gasteiger partial charge in [0.1, 0.15) is 41.1 Å². The lowest BCUT2D eigenvalue weighted by atomic mass is 9.65. The molecule has 8 fully saturated rings. The van der Waals surface area contributed by atoms with E-state index in [1.54, 1.807) is 25.7 Å². The van der Waals surface area contributed by atoms with Crippen LogP contribution in [0.2, 0.25) is 5.02 Å². The molecule has 21 nitrogen and oxygen atoms in total. The van der Waals surface area contributed by atoms with Gasteiger partial charge in [0, 0.05) is 120 Å². The number of halogens is 1. The normalized spacial score (nSPS) is 24.1. The van der Waals surface area contributed by atoms with E-state index >= 15 is 0 Å². The Morgan fingerprint density at radius 2 is 1.46 bits per heavy atom. The number of piperidine rings is 2. The molecule has 2 aliphatic carbocycles. The highest BCUT2D eigenvalue weighted by Crippen LogP contribution is 2.50. The van der Waals surface area contributed by atoms with Gasteiger partial charge in [0.2, 0.25) is 17.7 Å². The van der Waals surface area contributed by atoms with Gasteiger partial charge in [-0.25, -0.2) is 19.6 Å². The molecule has 12 rings (SSSR count). The summed E-state index contributed by atoms with van der Waals surface area (Å²) in [5, 5.41) is 7.86. The number of anilines is 1. The van der Waals surface area contributed by atoms with Crippen molar-refractivity contribution in [2.45, 2.75) is 153 Å². The minimum Gasteiger partial charge on any atom is -0.444 e. The number of ether oxygens (including phenoxy) is 3. The maximum Gasteiger partial charge on any atom is 0.411 e. The Hall–Kier alpha value is -6.55. The predicted molar refractivity (Wildman–Crippen MR) is 330 cm³/mol. The molecule has 2 bridgehead atoms. The van der Waals surface area contributed by atoms with E-state index in [4.69, 9.17) is 25.8 Å². The molecule has 8 heterocycles. The SMILES string of the molecule is CC(C)(C)OC(=O)NC1(C(=O)N[C@@H](CCN2CCN(C(=O)C34CCC(CN5CCN(C(=O)c6cccc(C7CCCN(C(=O)CN(C(=O)OC(C)(C)C)C8CC8)C7)c6)CC5)(CC3)OC4)CC2)c2ccc(Cl)cc2)CCN(c2ncnc3[nH]ccc23)CC1. The van der Waals surface area contributed by atoms with Crippen molar-refractivity contribution in [2.24, 2.45) is 5.41 Å². The largest absolute Gasteiger partial charge is 0.444 e. The van der Waals surface area contributed by atoms with Crippen LogP contribution in [-0.4, -0.2) is 213 Å². The predicted octanol–water partition coefficient (Wildman–Crippen LogP) is 7.76. The minimum atomic E-state index is -1.26. The van der Waals surface area contributed by atoms with E-state index in [1.165, 1.54) is 6.33 Å². The molecule has 0 spiro atoms. The van der Waals surface area contributed by atoms with Crippen LogP contribution in [0.4, 0.5) is 15.4 Å². The summed E-state index contributed by atoms with van der Waals surface area (Å²) in [5.41, 5.74) is -0.153. The van der Waals surface area contributed by atoms with E-state index in [2.05, 4.69) is 46.4 Å². The zero-order chi connectivity index (χ0) is 61.3. The van der Waals surface area contributed by atoms with Crippen LogP contribution in [0, 0.1) is 5.41 Å². The van der Waals surface area contributed by atoms with Crippen LogP contribution < -0.4 is 15.5 Å². The Morgan fingerprint density at radius 3 is 2.13 bits per heavy atom. The van der Waals surface area contributed by atoms with Crippen molar-refractivity contribution >= 4 is 64.3 Å². The molecule has 87 heavy (non-hydrogen) atoms. The summed E-state index contributed by atoms with van der Waals surface area (Å²) in [6, 6.07) is 17.0. The quantitative estimate of drug-likeness (QED) is 0.0977. The summed E-state index contributed by atoms with van der Waals surface area (Å²) in [6.45, 7) is 20.2. The summed E-state index contributed by atoms with van der Waals surface area (Å²) >= 11 is 6.38. The van der Waals surface area contributed by atoms with Crippen molar-refractivity contribution in [2.75, 3.05) is 110 Å². The molecule has 470 valence electrons. The molecule has 6 saturated heterocycles. The molecule has 2 saturated carbocycles. The fourth-order valence-corrected chi connectivity index (χ4v) is 14.0. The summed E-state index contributed by atoms with van der Waals surface area (Å²) in [7, 11) is 0. The topological polar surface area (TPSA) is 218 Å². The van der Waals surface area contributed by atoms with Crippen LogP contribution in [0.15, 0.2) is 67.1 Å². The van der Waals surface area contributed by atoms with E-state index < -0.39 is 40.4 Å². The third-order valence-electron chi connectivity index (χ3n) is 19.1. The molecule has 8 aliphatic rings. The Balaban J connectivity index is 0.638.